The molecule has 0 aromatic rings. The summed E-state index contributed by atoms with van der Waals surface area (Å²) in [7, 11) is -8.07. The van der Waals surface area contributed by atoms with Crippen molar-refractivity contribution in [3.8, 4) is 0 Å². The molecule has 6 aliphatic rings. The summed E-state index contributed by atoms with van der Waals surface area (Å²) >= 11 is 0. The van der Waals surface area contributed by atoms with E-state index < -0.39 is 99.4 Å². The van der Waals surface area contributed by atoms with Gasteiger partial charge in [0.15, 0.2) is 35.3 Å². The van der Waals surface area contributed by atoms with Crippen LogP contribution in [-0.4, -0.2) is 123 Å². The first-order valence-corrected chi connectivity index (χ1v) is 20.7. The van der Waals surface area contributed by atoms with E-state index in [9.17, 15) is 9.13 Å². The van der Waals surface area contributed by atoms with Crippen molar-refractivity contribution in [1.29, 1.82) is 0 Å². The second-order valence-corrected chi connectivity index (χ2v) is 19.5. The predicted octanol–water partition coefficient (Wildman–Crippen LogP) is 4.66. The fourth-order valence-electron chi connectivity index (χ4n) is 7.29. The number of fused-ring (bicyclic) bond motifs is 4. The largest absolute Gasteiger partial charge is 0.366 e. The fourth-order valence-corrected chi connectivity index (χ4v) is 12.0. The Hall–Kier alpha value is -0.100. The Kier molecular flexibility index (Phi) is 11.0. The molecule has 0 N–H and O–H groups in total. The van der Waals surface area contributed by atoms with Crippen molar-refractivity contribution in [2.24, 2.45) is 0 Å². The first-order valence-electron chi connectivity index (χ1n) is 17.2. The van der Waals surface area contributed by atoms with Gasteiger partial charge in [-0.1, -0.05) is 0 Å². The maximum absolute atomic E-state index is 14.1. The van der Waals surface area contributed by atoms with Crippen LogP contribution in [0.25, 0.3) is 0 Å². The molecule has 0 saturated carbocycles. The average Bonchev–Trinajstić information content (AvgIpc) is 3.73. The van der Waals surface area contributed by atoms with Crippen LogP contribution in [0.2, 0.25) is 0 Å². The monoisotopic (exact) mass is 744 g/mol. The minimum atomic E-state index is -4.06. The van der Waals surface area contributed by atoms with Crippen LogP contribution in [0.3, 0.4) is 0 Å². The second kappa shape index (κ2) is 14.0. The highest BCUT2D eigenvalue weighted by molar-refractivity contribution is 7.71. The van der Waals surface area contributed by atoms with Gasteiger partial charge >= 0.3 is 15.2 Å². The van der Waals surface area contributed by atoms with Gasteiger partial charge in [-0.3, -0.25) is 9.13 Å². The lowest BCUT2D eigenvalue weighted by atomic mass is 9.99. The molecule has 0 aromatic carbocycles. The highest BCUT2D eigenvalue weighted by Gasteiger charge is 2.62. The van der Waals surface area contributed by atoms with E-state index in [2.05, 4.69) is 0 Å². The number of ether oxygens (including phenoxy) is 10. The van der Waals surface area contributed by atoms with E-state index in [1.54, 1.807) is 41.5 Å². The summed E-state index contributed by atoms with van der Waals surface area (Å²) in [5, 5.41) is 0. The van der Waals surface area contributed by atoms with Crippen molar-refractivity contribution in [2.45, 2.75) is 160 Å². The van der Waals surface area contributed by atoms with E-state index in [0.29, 0.717) is 6.61 Å². The molecule has 6 aliphatic heterocycles. The molecule has 0 amide bonds. The molecule has 6 rings (SSSR count). The van der Waals surface area contributed by atoms with Gasteiger partial charge in [-0.25, -0.2) is 0 Å². The van der Waals surface area contributed by atoms with Crippen molar-refractivity contribution >= 4 is 15.2 Å². The average molecular weight is 745 g/mol. The van der Waals surface area contributed by atoms with Gasteiger partial charge in [0.1, 0.15) is 48.8 Å². The summed E-state index contributed by atoms with van der Waals surface area (Å²) in [6.45, 7) is 18.0. The quantitative estimate of drug-likeness (QED) is 0.226. The van der Waals surface area contributed by atoms with Crippen LogP contribution in [0.5, 0.6) is 0 Å². The van der Waals surface area contributed by atoms with Crippen molar-refractivity contribution in [3.63, 3.8) is 0 Å². The summed E-state index contributed by atoms with van der Waals surface area (Å²) in [5.41, 5.74) is 0. The van der Waals surface area contributed by atoms with Crippen LogP contribution >= 0.6 is 15.2 Å². The molecule has 6 saturated heterocycles. The minimum Gasteiger partial charge on any atom is -0.366 e. The minimum absolute atomic E-state index is 0.0285. The van der Waals surface area contributed by atoms with E-state index in [1.807, 2.05) is 27.7 Å². The lowest BCUT2D eigenvalue weighted by molar-refractivity contribution is -0.238. The van der Waals surface area contributed by atoms with Crippen LogP contribution < -0.4 is 0 Å². The topological polar surface area (TPSA) is 163 Å². The number of hydrogen-bond donors (Lipinski definition) is 0. The molecule has 284 valence electrons. The van der Waals surface area contributed by atoms with Gasteiger partial charge in [0, 0.05) is 6.42 Å². The van der Waals surface area contributed by atoms with Gasteiger partial charge in [0.25, 0.3) is 0 Å². The zero-order valence-corrected chi connectivity index (χ0v) is 31.9. The first-order chi connectivity index (χ1) is 22.7. The normalized spacial score (nSPS) is 42.3. The van der Waals surface area contributed by atoms with E-state index in [1.165, 1.54) is 0 Å². The molecule has 0 spiro atoms. The third-order valence-corrected chi connectivity index (χ3v) is 14.2. The van der Waals surface area contributed by atoms with Crippen molar-refractivity contribution in [1.82, 2.24) is 0 Å². The molecule has 16 nitrogen and oxygen atoms in total. The van der Waals surface area contributed by atoms with Crippen molar-refractivity contribution < 1.29 is 74.6 Å². The lowest BCUT2D eigenvalue weighted by Gasteiger charge is -2.37. The second-order valence-electron chi connectivity index (χ2n) is 14.9. The fraction of sp³-hybridized carbons (Fsp3) is 1.00. The van der Waals surface area contributed by atoms with Crippen LogP contribution in [0.1, 0.15) is 75.7 Å². The molecule has 18 heteroatoms. The zero-order chi connectivity index (χ0) is 35.6. The number of rotatable bonds is 14. The molecular weight excluding hydrogens is 690 g/mol. The summed E-state index contributed by atoms with van der Waals surface area (Å²) in [4.78, 5) is 0. The Morgan fingerprint density at radius 3 is 1.69 bits per heavy atom. The standard InChI is InChI=1S/C31H54O16P2/c1-11-35-48(32,37-14-13-18-22-24(44-29(5,6)42-22)21(39-18)20-15-34-28(3,4)41-20)17-49(33,36-12-2)38-16-19-23-25(45-30(7,8)43-23)26-27(40-19)47-31(9,10)46-26/h18-27H,11-17H2,1-10H3/t18-,19+,20+,21+,22+,23-,24-,25-,26+,27+,48?,49?/m0/s1. The van der Waals surface area contributed by atoms with Gasteiger partial charge in [0.2, 0.25) is 0 Å². The SMILES string of the molecule is CCOP(=O)(CP(=O)(OCC)OC[C@H]1O[C@@H]2OC(C)(C)O[C@@H]2[C@H]2OC(C)(C)O[C@H]21)OCC[C@@H]1O[C@H]([C@H]2COC(C)(C)O2)[C@@H]2OC(C)(C)O[C@@H]21. The summed E-state index contributed by atoms with van der Waals surface area (Å²) in [6, 6.07) is 0. The molecule has 0 aromatic heterocycles. The molecule has 0 bridgehead atoms. The van der Waals surface area contributed by atoms with Gasteiger partial charge in [0.05, 0.1) is 39.1 Å². The first kappa shape index (κ1) is 38.6. The Morgan fingerprint density at radius 2 is 1.10 bits per heavy atom. The molecule has 2 unspecified atom stereocenters. The van der Waals surface area contributed by atoms with Crippen LogP contribution in [0.4, 0.5) is 0 Å². The third kappa shape index (κ3) is 8.67. The van der Waals surface area contributed by atoms with Gasteiger partial charge in [-0.15, -0.1) is 0 Å². The Morgan fingerprint density at radius 1 is 0.571 bits per heavy atom. The lowest BCUT2D eigenvalue weighted by Crippen LogP contribution is -2.56. The maximum atomic E-state index is 14.1. The van der Waals surface area contributed by atoms with Gasteiger partial charge in [-0.05, 0) is 69.2 Å². The maximum Gasteiger partial charge on any atom is 0.342 e. The van der Waals surface area contributed by atoms with Crippen LogP contribution in [0.15, 0.2) is 0 Å². The Bertz CT molecular complexity index is 1280. The summed E-state index contributed by atoms with van der Waals surface area (Å²) in [5.74, 6) is -4.00. The number of hydrogen-bond acceptors (Lipinski definition) is 16. The molecule has 12 atom stereocenters. The van der Waals surface area contributed by atoms with Crippen molar-refractivity contribution in [3.05, 3.63) is 0 Å². The summed E-state index contributed by atoms with van der Waals surface area (Å²) < 4.78 is 112. The Balaban J connectivity index is 1.09. The van der Waals surface area contributed by atoms with Crippen LogP contribution in [-0.2, 0) is 74.6 Å². The van der Waals surface area contributed by atoms with E-state index in [-0.39, 0.29) is 39.0 Å². The molecule has 0 aliphatic carbocycles. The zero-order valence-electron chi connectivity index (χ0n) is 30.1. The summed E-state index contributed by atoms with van der Waals surface area (Å²) in [6.07, 6.45) is -4.95. The Labute approximate surface area is 288 Å². The molecule has 6 heterocycles. The smallest absolute Gasteiger partial charge is 0.342 e. The highest BCUT2D eigenvalue weighted by Crippen LogP contribution is 2.64. The van der Waals surface area contributed by atoms with Gasteiger partial charge in [-0.2, -0.15) is 0 Å². The molecule has 49 heavy (non-hydrogen) atoms. The van der Waals surface area contributed by atoms with Gasteiger partial charge < -0.3 is 65.5 Å². The van der Waals surface area contributed by atoms with Crippen molar-refractivity contribution in [2.75, 3.05) is 38.9 Å². The highest BCUT2D eigenvalue weighted by atomic mass is 31.2. The van der Waals surface area contributed by atoms with E-state index in [4.69, 9.17) is 65.5 Å². The van der Waals surface area contributed by atoms with E-state index in [0.717, 1.165) is 0 Å². The van der Waals surface area contributed by atoms with E-state index >= 15 is 0 Å². The molecule has 0 radical (unpaired) electrons. The molecule has 6 fully saturated rings. The predicted molar refractivity (Wildman–Crippen MR) is 170 cm³/mol. The molecular formula is C31H54O16P2. The third-order valence-electron chi connectivity index (χ3n) is 8.96. The van der Waals surface area contributed by atoms with Crippen LogP contribution in [0, 0.1) is 0 Å².